The third-order valence-electron chi connectivity index (χ3n) is 4.27. The molecule has 108 valence electrons. The fourth-order valence-electron chi connectivity index (χ4n) is 3.04. The van der Waals surface area contributed by atoms with E-state index < -0.39 is 6.03 Å². The van der Waals surface area contributed by atoms with Gasteiger partial charge in [-0.15, -0.1) is 0 Å². The van der Waals surface area contributed by atoms with Crippen LogP contribution in [0.5, 0.6) is 0 Å². The zero-order chi connectivity index (χ0) is 15.0. The molecule has 0 spiro atoms. The van der Waals surface area contributed by atoms with Gasteiger partial charge in [0.05, 0.1) is 6.54 Å². The van der Waals surface area contributed by atoms with Crippen molar-refractivity contribution in [2.24, 2.45) is 11.5 Å². The number of para-hydroxylation sites is 1. The SMILES string of the molecule is CC1c2ccccc2N(C(N)=O)Cc2ccccc2C1N. The average Bonchev–Trinajstić information content (AvgIpc) is 2.50. The minimum atomic E-state index is -0.445. The molecule has 0 radical (unpaired) electrons. The fraction of sp³-hybridized carbons (Fsp3) is 0.235. The van der Waals surface area contributed by atoms with Crippen molar-refractivity contribution >= 4 is 11.7 Å². The highest BCUT2D eigenvalue weighted by atomic mass is 16.2. The fourth-order valence-corrected chi connectivity index (χ4v) is 3.04. The van der Waals surface area contributed by atoms with E-state index in [1.165, 1.54) is 0 Å². The molecule has 2 aromatic carbocycles. The van der Waals surface area contributed by atoms with E-state index >= 15 is 0 Å². The molecule has 1 aliphatic rings. The second kappa shape index (κ2) is 5.22. The summed E-state index contributed by atoms with van der Waals surface area (Å²) in [4.78, 5) is 13.5. The Balaban J connectivity index is 2.21. The molecule has 2 atom stereocenters. The Morgan fingerprint density at radius 2 is 1.71 bits per heavy atom. The number of carbonyl (C=O) groups excluding carboxylic acids is 1. The van der Waals surface area contributed by atoms with Crippen LogP contribution in [0, 0.1) is 0 Å². The predicted molar refractivity (Wildman–Crippen MR) is 84.0 cm³/mol. The van der Waals surface area contributed by atoms with Crippen LogP contribution in [0.3, 0.4) is 0 Å². The first-order chi connectivity index (χ1) is 10.1. The number of fused-ring (bicyclic) bond motifs is 2. The van der Waals surface area contributed by atoms with Gasteiger partial charge in [-0.1, -0.05) is 49.4 Å². The minimum absolute atomic E-state index is 0.0997. The van der Waals surface area contributed by atoms with Gasteiger partial charge < -0.3 is 11.5 Å². The maximum absolute atomic E-state index is 11.9. The van der Waals surface area contributed by atoms with Crippen LogP contribution >= 0.6 is 0 Å². The number of rotatable bonds is 0. The van der Waals surface area contributed by atoms with Crippen LogP contribution in [-0.4, -0.2) is 6.03 Å². The van der Waals surface area contributed by atoms with E-state index in [1.54, 1.807) is 4.90 Å². The first kappa shape index (κ1) is 13.6. The van der Waals surface area contributed by atoms with Gasteiger partial charge in [0, 0.05) is 17.6 Å². The van der Waals surface area contributed by atoms with E-state index in [2.05, 4.69) is 6.92 Å². The molecule has 4 heteroatoms. The van der Waals surface area contributed by atoms with Crippen molar-refractivity contribution in [3.63, 3.8) is 0 Å². The Kier molecular flexibility index (Phi) is 3.39. The number of amides is 2. The summed E-state index contributed by atoms with van der Waals surface area (Å²) in [7, 11) is 0. The van der Waals surface area contributed by atoms with Crippen molar-refractivity contribution in [3.05, 3.63) is 65.2 Å². The Bertz CT molecular complexity index is 683. The molecule has 3 rings (SSSR count). The van der Waals surface area contributed by atoms with Crippen molar-refractivity contribution < 1.29 is 4.79 Å². The molecule has 0 fully saturated rings. The van der Waals surface area contributed by atoms with Crippen LogP contribution < -0.4 is 16.4 Å². The number of carbonyl (C=O) groups is 1. The van der Waals surface area contributed by atoms with Gasteiger partial charge in [0.2, 0.25) is 0 Å². The van der Waals surface area contributed by atoms with E-state index in [-0.39, 0.29) is 12.0 Å². The van der Waals surface area contributed by atoms with Crippen LogP contribution in [0.4, 0.5) is 10.5 Å². The Hall–Kier alpha value is -2.33. The first-order valence-electron chi connectivity index (χ1n) is 7.09. The van der Waals surface area contributed by atoms with Gasteiger partial charge in [-0.25, -0.2) is 4.79 Å². The Morgan fingerprint density at radius 3 is 2.43 bits per heavy atom. The highest BCUT2D eigenvalue weighted by Gasteiger charge is 2.28. The first-order valence-corrected chi connectivity index (χ1v) is 7.09. The lowest BCUT2D eigenvalue weighted by atomic mass is 9.84. The molecule has 0 bridgehead atoms. The van der Waals surface area contributed by atoms with Gasteiger partial charge in [0.15, 0.2) is 0 Å². The van der Waals surface area contributed by atoms with Crippen molar-refractivity contribution in [1.29, 1.82) is 0 Å². The molecule has 2 amide bonds. The van der Waals surface area contributed by atoms with Gasteiger partial charge in [0.1, 0.15) is 0 Å². The molecule has 4 nitrogen and oxygen atoms in total. The lowest BCUT2D eigenvalue weighted by Crippen LogP contribution is -2.38. The monoisotopic (exact) mass is 281 g/mol. The van der Waals surface area contributed by atoms with Crippen LogP contribution in [0.2, 0.25) is 0 Å². The third kappa shape index (κ3) is 2.28. The van der Waals surface area contributed by atoms with Gasteiger partial charge >= 0.3 is 6.03 Å². The summed E-state index contributed by atoms with van der Waals surface area (Å²) >= 11 is 0. The highest BCUT2D eigenvalue weighted by Crippen LogP contribution is 2.39. The van der Waals surface area contributed by atoms with E-state index in [9.17, 15) is 4.79 Å². The molecule has 0 aromatic heterocycles. The number of anilines is 1. The summed E-state index contributed by atoms with van der Waals surface area (Å²) in [5, 5.41) is 0. The van der Waals surface area contributed by atoms with Gasteiger partial charge in [-0.05, 0) is 22.8 Å². The highest BCUT2D eigenvalue weighted by molar-refractivity contribution is 5.91. The quantitative estimate of drug-likeness (QED) is 0.779. The number of primary amides is 1. The van der Waals surface area contributed by atoms with Crippen LogP contribution in [-0.2, 0) is 6.54 Å². The smallest absolute Gasteiger partial charge is 0.319 e. The summed E-state index contributed by atoms with van der Waals surface area (Å²) in [5.74, 6) is 0.101. The molecular weight excluding hydrogens is 262 g/mol. The van der Waals surface area contributed by atoms with Gasteiger partial charge in [0.25, 0.3) is 0 Å². The summed E-state index contributed by atoms with van der Waals surface area (Å²) in [5.41, 5.74) is 16.1. The zero-order valence-electron chi connectivity index (χ0n) is 12.0. The topological polar surface area (TPSA) is 72.3 Å². The minimum Gasteiger partial charge on any atom is -0.351 e. The van der Waals surface area contributed by atoms with Crippen LogP contribution in [0.25, 0.3) is 0 Å². The molecular formula is C17H19N3O. The van der Waals surface area contributed by atoms with Gasteiger partial charge in [-0.3, -0.25) is 4.90 Å². The Labute approximate surface area is 124 Å². The third-order valence-corrected chi connectivity index (χ3v) is 4.27. The molecule has 0 saturated carbocycles. The molecule has 21 heavy (non-hydrogen) atoms. The molecule has 2 unspecified atom stereocenters. The number of urea groups is 1. The summed E-state index contributed by atoms with van der Waals surface area (Å²) in [6.07, 6.45) is 0. The van der Waals surface area contributed by atoms with E-state index in [1.807, 2.05) is 48.5 Å². The maximum Gasteiger partial charge on any atom is 0.319 e. The average molecular weight is 281 g/mol. The van der Waals surface area contributed by atoms with Crippen LogP contribution in [0.15, 0.2) is 48.5 Å². The zero-order valence-corrected chi connectivity index (χ0v) is 12.0. The molecule has 1 aliphatic heterocycles. The van der Waals surface area contributed by atoms with Crippen molar-refractivity contribution in [1.82, 2.24) is 0 Å². The molecule has 1 heterocycles. The maximum atomic E-state index is 11.9. The molecule has 4 N–H and O–H groups in total. The lowest BCUT2D eigenvalue weighted by Gasteiger charge is -2.33. The lowest BCUT2D eigenvalue weighted by molar-refractivity contribution is 0.253. The predicted octanol–water partition coefficient (Wildman–Crippen LogP) is 2.89. The van der Waals surface area contributed by atoms with Crippen molar-refractivity contribution in [2.45, 2.75) is 25.4 Å². The van der Waals surface area contributed by atoms with E-state index in [0.29, 0.717) is 6.54 Å². The molecule has 0 saturated heterocycles. The summed E-state index contributed by atoms with van der Waals surface area (Å²) in [6, 6.07) is 15.3. The second-order valence-corrected chi connectivity index (χ2v) is 5.50. The second-order valence-electron chi connectivity index (χ2n) is 5.50. The number of hydrogen-bond donors (Lipinski definition) is 2. The van der Waals surface area contributed by atoms with E-state index in [0.717, 1.165) is 22.4 Å². The molecule has 2 aromatic rings. The number of benzene rings is 2. The number of nitrogens with two attached hydrogens (primary N) is 2. The summed E-state index contributed by atoms with van der Waals surface area (Å²) in [6.45, 7) is 2.54. The van der Waals surface area contributed by atoms with E-state index in [4.69, 9.17) is 11.5 Å². The number of nitrogens with zero attached hydrogens (tertiary/aromatic N) is 1. The van der Waals surface area contributed by atoms with Gasteiger partial charge in [-0.2, -0.15) is 0 Å². The normalized spacial score (nSPS) is 21.0. The van der Waals surface area contributed by atoms with Crippen molar-refractivity contribution in [3.8, 4) is 0 Å². The number of hydrogen-bond acceptors (Lipinski definition) is 2. The standard InChI is InChI=1S/C17H19N3O/c1-11-13-7-4-5-9-15(13)20(17(19)21)10-12-6-2-3-8-14(12)16(11)18/h2-9,11,16H,10,18H2,1H3,(H2,19,21). The molecule has 0 aliphatic carbocycles. The summed E-state index contributed by atoms with van der Waals surface area (Å²) < 4.78 is 0. The van der Waals surface area contributed by atoms with Crippen molar-refractivity contribution in [2.75, 3.05) is 4.90 Å². The van der Waals surface area contributed by atoms with Crippen LogP contribution in [0.1, 0.15) is 35.6 Å². The Morgan fingerprint density at radius 1 is 1.10 bits per heavy atom. The largest absolute Gasteiger partial charge is 0.351 e.